The molecule has 0 bridgehead atoms. The van der Waals surface area contributed by atoms with Gasteiger partial charge >= 0.3 is 0 Å². The Morgan fingerprint density at radius 1 is 0.789 bits per heavy atom. The number of rotatable bonds is 4. The third kappa shape index (κ3) is 2.71. The average Bonchev–Trinajstić information content (AvgIpc) is 2.40. The first-order chi connectivity index (χ1) is 9.06. The molecule has 19 heavy (non-hydrogen) atoms. The van der Waals surface area contributed by atoms with E-state index in [4.69, 9.17) is 0 Å². The number of phenols is 2. The summed E-state index contributed by atoms with van der Waals surface area (Å²) in [5.74, 6) is 0.446. The summed E-state index contributed by atoms with van der Waals surface area (Å²) < 4.78 is 0. The lowest BCUT2D eigenvalue weighted by Gasteiger charge is -2.30. The van der Waals surface area contributed by atoms with E-state index in [1.807, 2.05) is 31.2 Å². The molecule has 0 aromatic heterocycles. The van der Waals surface area contributed by atoms with E-state index in [2.05, 4.69) is 0 Å². The second-order valence-corrected chi connectivity index (χ2v) is 4.90. The van der Waals surface area contributed by atoms with Crippen LogP contribution in [0.15, 0.2) is 48.5 Å². The van der Waals surface area contributed by atoms with Gasteiger partial charge in [0.2, 0.25) is 0 Å². The van der Waals surface area contributed by atoms with E-state index in [9.17, 15) is 15.3 Å². The minimum Gasteiger partial charge on any atom is -0.508 e. The number of phenolic OH excluding ortho intramolecular Hbond substituents is 2. The SMILES string of the molecule is CC(CCO)(c1ccc(O)cc1)c1ccc(O)cc1. The van der Waals surface area contributed by atoms with Crippen molar-refractivity contribution < 1.29 is 15.3 Å². The average molecular weight is 258 g/mol. The highest BCUT2D eigenvalue weighted by atomic mass is 16.3. The van der Waals surface area contributed by atoms with Crippen molar-refractivity contribution in [2.45, 2.75) is 18.8 Å². The Morgan fingerprint density at radius 2 is 1.16 bits per heavy atom. The van der Waals surface area contributed by atoms with Gasteiger partial charge in [-0.3, -0.25) is 0 Å². The van der Waals surface area contributed by atoms with Crippen LogP contribution in [0.25, 0.3) is 0 Å². The fourth-order valence-electron chi connectivity index (χ4n) is 2.34. The first-order valence-corrected chi connectivity index (χ1v) is 6.26. The summed E-state index contributed by atoms with van der Waals surface area (Å²) in [6.07, 6.45) is 0.572. The minimum absolute atomic E-state index is 0.0677. The minimum atomic E-state index is -0.351. The second-order valence-electron chi connectivity index (χ2n) is 4.90. The van der Waals surface area contributed by atoms with Crippen molar-refractivity contribution in [3.05, 3.63) is 59.7 Å². The van der Waals surface area contributed by atoms with Crippen molar-refractivity contribution in [2.75, 3.05) is 6.61 Å². The number of aliphatic hydroxyl groups excluding tert-OH is 1. The third-order valence-electron chi connectivity index (χ3n) is 3.62. The lowest BCUT2D eigenvalue weighted by molar-refractivity contribution is 0.259. The summed E-state index contributed by atoms with van der Waals surface area (Å²) in [7, 11) is 0. The smallest absolute Gasteiger partial charge is 0.115 e. The summed E-state index contributed by atoms with van der Waals surface area (Å²) in [4.78, 5) is 0. The molecule has 2 aromatic rings. The summed E-state index contributed by atoms with van der Waals surface area (Å²) in [6.45, 7) is 2.11. The van der Waals surface area contributed by atoms with Crippen LogP contribution < -0.4 is 0 Å². The first kappa shape index (κ1) is 13.4. The van der Waals surface area contributed by atoms with Gasteiger partial charge in [-0.1, -0.05) is 31.2 Å². The van der Waals surface area contributed by atoms with E-state index in [0.717, 1.165) is 11.1 Å². The van der Waals surface area contributed by atoms with Crippen LogP contribution in [0.2, 0.25) is 0 Å². The number of aliphatic hydroxyl groups is 1. The standard InChI is InChI=1S/C16H18O3/c1-16(10-11-17,12-2-6-14(18)7-3-12)13-4-8-15(19)9-5-13/h2-9,17-19H,10-11H2,1H3. The number of benzene rings is 2. The van der Waals surface area contributed by atoms with Gasteiger partial charge < -0.3 is 15.3 Å². The monoisotopic (exact) mass is 258 g/mol. The number of hydrogen-bond donors (Lipinski definition) is 3. The lowest BCUT2D eigenvalue weighted by atomic mass is 9.74. The molecule has 0 saturated heterocycles. The Morgan fingerprint density at radius 3 is 1.47 bits per heavy atom. The van der Waals surface area contributed by atoms with Gasteiger partial charge in [-0.05, 0) is 41.8 Å². The highest BCUT2D eigenvalue weighted by Crippen LogP contribution is 2.36. The second kappa shape index (κ2) is 5.33. The zero-order chi connectivity index (χ0) is 13.9. The van der Waals surface area contributed by atoms with E-state index >= 15 is 0 Å². The molecule has 3 nitrogen and oxygen atoms in total. The molecule has 0 heterocycles. The summed E-state index contributed by atoms with van der Waals surface area (Å²) in [6, 6.07) is 14.0. The van der Waals surface area contributed by atoms with E-state index in [1.54, 1.807) is 24.3 Å². The molecule has 3 heteroatoms. The zero-order valence-corrected chi connectivity index (χ0v) is 10.9. The summed E-state index contributed by atoms with van der Waals surface area (Å²) >= 11 is 0. The van der Waals surface area contributed by atoms with Gasteiger partial charge in [-0.15, -0.1) is 0 Å². The molecular weight excluding hydrogens is 240 g/mol. The molecule has 2 rings (SSSR count). The molecule has 0 fully saturated rings. The molecule has 0 aliphatic heterocycles. The predicted molar refractivity (Wildman–Crippen MR) is 74.4 cm³/mol. The van der Waals surface area contributed by atoms with Crippen molar-refractivity contribution >= 4 is 0 Å². The Kier molecular flexibility index (Phi) is 3.76. The van der Waals surface area contributed by atoms with Gasteiger partial charge in [-0.25, -0.2) is 0 Å². The highest BCUT2D eigenvalue weighted by Gasteiger charge is 2.28. The van der Waals surface area contributed by atoms with Crippen molar-refractivity contribution in [3.63, 3.8) is 0 Å². The van der Waals surface area contributed by atoms with Gasteiger partial charge in [0.25, 0.3) is 0 Å². The molecule has 3 N–H and O–H groups in total. The molecule has 0 amide bonds. The molecule has 0 aliphatic rings. The number of aromatic hydroxyl groups is 2. The maximum atomic E-state index is 9.38. The lowest BCUT2D eigenvalue weighted by Crippen LogP contribution is -2.25. The van der Waals surface area contributed by atoms with Crippen LogP contribution in [-0.4, -0.2) is 21.9 Å². The van der Waals surface area contributed by atoms with Crippen LogP contribution in [0.3, 0.4) is 0 Å². The molecule has 0 saturated carbocycles. The van der Waals surface area contributed by atoms with E-state index in [-0.39, 0.29) is 23.5 Å². The third-order valence-corrected chi connectivity index (χ3v) is 3.62. The maximum absolute atomic E-state index is 9.38. The largest absolute Gasteiger partial charge is 0.508 e. The van der Waals surface area contributed by atoms with Crippen molar-refractivity contribution in [2.24, 2.45) is 0 Å². The van der Waals surface area contributed by atoms with Crippen LogP contribution in [-0.2, 0) is 5.41 Å². The zero-order valence-electron chi connectivity index (χ0n) is 10.9. The van der Waals surface area contributed by atoms with Crippen LogP contribution in [0.5, 0.6) is 11.5 Å². The normalized spacial score (nSPS) is 11.5. The van der Waals surface area contributed by atoms with Gasteiger partial charge in [0.05, 0.1) is 0 Å². The fraction of sp³-hybridized carbons (Fsp3) is 0.250. The Labute approximate surface area is 112 Å². The van der Waals surface area contributed by atoms with Crippen LogP contribution in [0.4, 0.5) is 0 Å². The Bertz CT molecular complexity index is 483. The van der Waals surface area contributed by atoms with Gasteiger partial charge in [0, 0.05) is 12.0 Å². The molecule has 0 atom stereocenters. The first-order valence-electron chi connectivity index (χ1n) is 6.26. The molecule has 0 unspecified atom stereocenters. The van der Waals surface area contributed by atoms with E-state index < -0.39 is 0 Å². The molecule has 0 aliphatic carbocycles. The molecule has 2 aromatic carbocycles. The predicted octanol–water partition coefficient (Wildman–Crippen LogP) is 2.79. The maximum Gasteiger partial charge on any atom is 0.115 e. The summed E-state index contributed by atoms with van der Waals surface area (Å²) in [5, 5.41) is 28.1. The van der Waals surface area contributed by atoms with Gasteiger partial charge in [0.1, 0.15) is 11.5 Å². The van der Waals surface area contributed by atoms with Crippen molar-refractivity contribution in [3.8, 4) is 11.5 Å². The quantitative estimate of drug-likeness (QED) is 0.790. The van der Waals surface area contributed by atoms with Crippen molar-refractivity contribution in [1.82, 2.24) is 0 Å². The molecule has 100 valence electrons. The molecule has 0 spiro atoms. The van der Waals surface area contributed by atoms with Crippen LogP contribution >= 0.6 is 0 Å². The highest BCUT2D eigenvalue weighted by molar-refractivity contribution is 5.42. The number of hydrogen-bond acceptors (Lipinski definition) is 3. The van der Waals surface area contributed by atoms with Gasteiger partial charge in [-0.2, -0.15) is 0 Å². The molecular formula is C16H18O3. The van der Waals surface area contributed by atoms with Gasteiger partial charge in [0.15, 0.2) is 0 Å². The topological polar surface area (TPSA) is 60.7 Å². The summed E-state index contributed by atoms with van der Waals surface area (Å²) in [5.41, 5.74) is 1.69. The van der Waals surface area contributed by atoms with E-state index in [0.29, 0.717) is 6.42 Å². The fourth-order valence-corrected chi connectivity index (χ4v) is 2.34. The van der Waals surface area contributed by atoms with Crippen molar-refractivity contribution in [1.29, 1.82) is 0 Å². The Balaban J connectivity index is 2.47. The van der Waals surface area contributed by atoms with Crippen LogP contribution in [0.1, 0.15) is 24.5 Å². The Hall–Kier alpha value is -2.00. The van der Waals surface area contributed by atoms with Crippen LogP contribution in [0, 0.1) is 0 Å². The molecule has 0 radical (unpaired) electrons. The van der Waals surface area contributed by atoms with E-state index in [1.165, 1.54) is 0 Å².